The van der Waals surface area contributed by atoms with Gasteiger partial charge in [-0.2, -0.15) is 0 Å². The lowest BCUT2D eigenvalue weighted by molar-refractivity contribution is -0.651. The van der Waals surface area contributed by atoms with Gasteiger partial charge in [0.2, 0.25) is 0 Å². The summed E-state index contributed by atoms with van der Waals surface area (Å²) in [6, 6.07) is 20.3. The fourth-order valence-electron chi connectivity index (χ4n) is 2.42. The lowest BCUT2D eigenvalue weighted by Crippen LogP contribution is -2.85. The molecule has 0 aliphatic heterocycles. The highest BCUT2D eigenvalue weighted by atomic mass is 32.2. The van der Waals surface area contributed by atoms with Crippen LogP contribution < -0.4 is 5.32 Å². The molecule has 0 unspecified atom stereocenters. The van der Waals surface area contributed by atoms with Crippen LogP contribution in [0.4, 0.5) is 0 Å². The quantitative estimate of drug-likeness (QED) is 0.482. The van der Waals surface area contributed by atoms with E-state index in [1.54, 1.807) is 11.8 Å². The summed E-state index contributed by atoms with van der Waals surface area (Å²) in [5.41, 5.74) is 2.11. The van der Waals surface area contributed by atoms with Crippen LogP contribution in [0.1, 0.15) is 0 Å². The van der Waals surface area contributed by atoms with E-state index >= 15 is 0 Å². The maximum atomic E-state index is 8.84. The molecule has 0 saturated carbocycles. The highest BCUT2D eigenvalue weighted by Gasteiger charge is 2.15. The van der Waals surface area contributed by atoms with Gasteiger partial charge >= 0.3 is 0 Å². The summed E-state index contributed by atoms with van der Waals surface area (Å²) in [6.45, 7) is 1.89. The molecule has 0 aliphatic carbocycles. The molecule has 0 atom stereocenters. The molecule has 3 aromatic rings. The Bertz CT molecular complexity index is 746. The normalized spacial score (nSPS) is 10.9. The first-order chi connectivity index (χ1) is 11.9. The van der Waals surface area contributed by atoms with Gasteiger partial charge < -0.3 is 10.4 Å². The number of rotatable bonds is 8. The number of thioether (sulfide) groups is 1. The highest BCUT2D eigenvalue weighted by molar-refractivity contribution is 7.99. The number of nitrogens with two attached hydrogens (primary N) is 1. The van der Waals surface area contributed by atoms with Crippen molar-refractivity contribution >= 4 is 11.8 Å². The summed E-state index contributed by atoms with van der Waals surface area (Å²) in [4.78, 5) is 0. The molecule has 0 bridgehead atoms. The average Bonchev–Trinajstić information content (AvgIpc) is 3.07. The van der Waals surface area contributed by atoms with Crippen molar-refractivity contribution < 1.29 is 10.4 Å². The zero-order valence-electron chi connectivity index (χ0n) is 13.4. The van der Waals surface area contributed by atoms with E-state index in [-0.39, 0.29) is 6.61 Å². The van der Waals surface area contributed by atoms with Gasteiger partial charge in [0, 0.05) is 11.3 Å². The first-order valence-electron chi connectivity index (χ1n) is 8.01. The molecule has 6 heteroatoms. The third-order valence-electron chi connectivity index (χ3n) is 3.57. The van der Waals surface area contributed by atoms with Gasteiger partial charge in [0.1, 0.15) is 0 Å². The third kappa shape index (κ3) is 4.03. The lowest BCUT2D eigenvalue weighted by Gasteiger charge is -2.10. The Morgan fingerprint density at radius 2 is 1.62 bits per heavy atom. The number of aromatic nitrogens is 3. The van der Waals surface area contributed by atoms with Crippen LogP contribution in [0.3, 0.4) is 0 Å². The molecule has 0 fully saturated rings. The van der Waals surface area contributed by atoms with Gasteiger partial charge in [0.05, 0.1) is 25.4 Å². The molecule has 0 amide bonds. The van der Waals surface area contributed by atoms with Crippen molar-refractivity contribution in [3.8, 4) is 17.1 Å². The van der Waals surface area contributed by atoms with Crippen molar-refractivity contribution in [3.63, 3.8) is 0 Å². The van der Waals surface area contributed by atoms with Crippen LogP contribution in [0, 0.1) is 0 Å². The van der Waals surface area contributed by atoms with Crippen LogP contribution in [0.25, 0.3) is 17.1 Å². The summed E-state index contributed by atoms with van der Waals surface area (Å²) in [6.07, 6.45) is 0. The van der Waals surface area contributed by atoms with E-state index in [2.05, 4.69) is 32.2 Å². The minimum Gasteiger partial charge on any atom is -0.391 e. The zero-order valence-corrected chi connectivity index (χ0v) is 14.2. The average molecular weight is 341 g/mol. The molecule has 124 valence electrons. The van der Waals surface area contributed by atoms with Gasteiger partial charge in [-0.05, 0) is 12.1 Å². The summed E-state index contributed by atoms with van der Waals surface area (Å²) >= 11 is 1.68. The summed E-state index contributed by atoms with van der Waals surface area (Å²) in [5, 5.41) is 20.7. The van der Waals surface area contributed by atoms with Crippen LogP contribution >= 0.6 is 11.8 Å². The van der Waals surface area contributed by atoms with Gasteiger partial charge in [0.15, 0.2) is 11.0 Å². The number of para-hydroxylation sites is 1. The van der Waals surface area contributed by atoms with Crippen molar-refractivity contribution in [1.82, 2.24) is 14.8 Å². The van der Waals surface area contributed by atoms with Crippen LogP contribution in [0.15, 0.2) is 65.8 Å². The Morgan fingerprint density at radius 1 is 0.917 bits per heavy atom. The number of quaternary nitrogens is 1. The van der Waals surface area contributed by atoms with E-state index in [1.165, 1.54) is 0 Å². The van der Waals surface area contributed by atoms with E-state index < -0.39 is 0 Å². The molecule has 5 nitrogen and oxygen atoms in total. The fraction of sp³-hybridized carbons (Fsp3) is 0.222. The SMILES string of the molecule is OCC[NH2+]CCSc1nnc(-c2ccccc2)n1-c1ccccc1. The largest absolute Gasteiger partial charge is 0.391 e. The predicted molar refractivity (Wildman–Crippen MR) is 96.3 cm³/mol. The number of benzene rings is 2. The van der Waals surface area contributed by atoms with Crippen LogP contribution in [0.5, 0.6) is 0 Å². The standard InChI is InChI=1S/C18H20N4OS/c23-13-11-19-12-14-24-18-21-20-17(15-7-3-1-4-8-15)22(18)16-9-5-2-6-10-16/h1-10,19,23H,11-14H2/p+1. The van der Waals surface area contributed by atoms with Gasteiger partial charge in [-0.1, -0.05) is 60.3 Å². The first kappa shape index (κ1) is 16.7. The second-order valence-corrected chi connectivity index (χ2v) is 6.34. The molecule has 0 saturated heterocycles. The van der Waals surface area contributed by atoms with Gasteiger partial charge in [0.25, 0.3) is 0 Å². The van der Waals surface area contributed by atoms with Crippen molar-refractivity contribution in [2.45, 2.75) is 5.16 Å². The molecule has 3 rings (SSSR count). The van der Waals surface area contributed by atoms with Crippen LogP contribution in [-0.2, 0) is 0 Å². The molecular weight excluding hydrogens is 320 g/mol. The van der Waals surface area contributed by atoms with E-state index in [9.17, 15) is 0 Å². The molecule has 3 N–H and O–H groups in total. The molecule has 0 radical (unpaired) electrons. The molecule has 2 aromatic carbocycles. The van der Waals surface area contributed by atoms with Crippen molar-refractivity contribution in [2.75, 3.05) is 25.4 Å². The van der Waals surface area contributed by atoms with Crippen LogP contribution in [-0.4, -0.2) is 45.3 Å². The number of aliphatic hydroxyl groups excluding tert-OH is 1. The molecular formula is C18H21N4OS+. The van der Waals surface area contributed by atoms with E-state index in [0.717, 1.165) is 41.1 Å². The molecule has 0 aliphatic rings. The number of aliphatic hydroxyl groups is 1. The van der Waals surface area contributed by atoms with Gasteiger partial charge in [-0.15, -0.1) is 10.2 Å². The highest BCUT2D eigenvalue weighted by Crippen LogP contribution is 2.27. The zero-order chi connectivity index (χ0) is 16.6. The van der Waals surface area contributed by atoms with Gasteiger partial charge in [-0.25, -0.2) is 0 Å². The Labute approximate surface area is 145 Å². The third-order valence-corrected chi connectivity index (χ3v) is 4.53. The molecule has 24 heavy (non-hydrogen) atoms. The Hall–Kier alpha value is -2.15. The summed E-state index contributed by atoms with van der Waals surface area (Å²) in [5.74, 6) is 1.77. The predicted octanol–water partition coefficient (Wildman–Crippen LogP) is 1.58. The van der Waals surface area contributed by atoms with Crippen molar-refractivity contribution in [1.29, 1.82) is 0 Å². The number of hydrogen-bond donors (Lipinski definition) is 2. The number of hydrogen-bond acceptors (Lipinski definition) is 4. The molecule has 0 spiro atoms. The van der Waals surface area contributed by atoms with Crippen LogP contribution in [0.2, 0.25) is 0 Å². The fourth-order valence-corrected chi connectivity index (χ4v) is 3.30. The second kappa shape index (κ2) is 8.63. The van der Waals surface area contributed by atoms with Gasteiger partial charge in [-0.3, -0.25) is 4.57 Å². The van der Waals surface area contributed by atoms with E-state index in [4.69, 9.17) is 5.11 Å². The maximum Gasteiger partial charge on any atom is 0.196 e. The Balaban J connectivity index is 1.88. The lowest BCUT2D eigenvalue weighted by atomic mass is 10.2. The minimum atomic E-state index is 0.211. The topological polar surface area (TPSA) is 67.6 Å². The van der Waals surface area contributed by atoms with E-state index in [1.807, 2.05) is 48.5 Å². The first-order valence-corrected chi connectivity index (χ1v) is 9.00. The maximum absolute atomic E-state index is 8.84. The summed E-state index contributed by atoms with van der Waals surface area (Å²) in [7, 11) is 0. The Morgan fingerprint density at radius 3 is 2.33 bits per heavy atom. The molecule has 1 aromatic heterocycles. The molecule has 1 heterocycles. The second-order valence-electron chi connectivity index (χ2n) is 5.28. The number of nitrogens with zero attached hydrogens (tertiary/aromatic N) is 3. The van der Waals surface area contributed by atoms with E-state index in [0.29, 0.717) is 0 Å². The van der Waals surface area contributed by atoms with Crippen molar-refractivity contribution in [2.24, 2.45) is 0 Å². The monoisotopic (exact) mass is 341 g/mol. The van der Waals surface area contributed by atoms with Crippen molar-refractivity contribution in [3.05, 3.63) is 60.7 Å². The Kier molecular flexibility index (Phi) is 6.01. The minimum absolute atomic E-state index is 0.211. The summed E-state index contributed by atoms with van der Waals surface area (Å²) < 4.78 is 2.10. The smallest absolute Gasteiger partial charge is 0.196 e.